The molecule has 0 radical (unpaired) electrons. The van der Waals surface area contributed by atoms with Crippen LogP contribution < -0.4 is 11.1 Å². The van der Waals surface area contributed by atoms with Crippen LogP contribution in [0, 0.1) is 12.7 Å². The molecule has 0 unspecified atom stereocenters. The number of carboxylic acid groups (broad SMARTS) is 1. The molecule has 4 N–H and O–H groups in total. The molecule has 2 aromatic rings. The molecule has 0 saturated heterocycles. The zero-order valence-corrected chi connectivity index (χ0v) is 11.2. The molecule has 0 bridgehead atoms. The van der Waals surface area contributed by atoms with E-state index in [1.807, 2.05) is 6.92 Å². The van der Waals surface area contributed by atoms with Crippen molar-refractivity contribution in [2.24, 2.45) is 0 Å². The number of aromatic carboxylic acids is 1. The van der Waals surface area contributed by atoms with Crippen molar-refractivity contribution in [2.45, 2.75) is 6.92 Å². The molecule has 21 heavy (non-hydrogen) atoms. The summed E-state index contributed by atoms with van der Waals surface area (Å²) in [5.41, 5.74) is 7.08. The SMILES string of the molecule is Cc1ccc(C(=O)Nc2ccc(F)c(C(=O)O)c2)cc1N. The van der Waals surface area contributed by atoms with E-state index in [1.165, 1.54) is 12.1 Å². The molecule has 0 atom stereocenters. The van der Waals surface area contributed by atoms with Crippen molar-refractivity contribution in [1.82, 2.24) is 0 Å². The molecule has 5 nitrogen and oxygen atoms in total. The third-order valence-electron chi connectivity index (χ3n) is 3.00. The van der Waals surface area contributed by atoms with E-state index in [0.717, 1.165) is 17.7 Å². The monoisotopic (exact) mass is 288 g/mol. The van der Waals surface area contributed by atoms with Crippen LogP contribution in [0.5, 0.6) is 0 Å². The molecular weight excluding hydrogens is 275 g/mol. The van der Waals surface area contributed by atoms with Crippen molar-refractivity contribution in [3.8, 4) is 0 Å². The summed E-state index contributed by atoms with van der Waals surface area (Å²) in [5.74, 6) is -2.71. The quantitative estimate of drug-likeness (QED) is 0.757. The molecular formula is C15H13FN2O3. The highest BCUT2D eigenvalue weighted by molar-refractivity contribution is 6.05. The van der Waals surface area contributed by atoms with Gasteiger partial charge in [0.15, 0.2) is 0 Å². The van der Waals surface area contributed by atoms with Gasteiger partial charge in [-0.3, -0.25) is 4.79 Å². The van der Waals surface area contributed by atoms with Gasteiger partial charge in [0.05, 0.1) is 5.56 Å². The van der Waals surface area contributed by atoms with Crippen LogP contribution in [0.15, 0.2) is 36.4 Å². The molecule has 0 aliphatic heterocycles. The number of hydrogen-bond acceptors (Lipinski definition) is 3. The fraction of sp³-hybridized carbons (Fsp3) is 0.0667. The number of halogens is 1. The van der Waals surface area contributed by atoms with Crippen LogP contribution in [0.2, 0.25) is 0 Å². The van der Waals surface area contributed by atoms with Crippen LogP contribution in [0.25, 0.3) is 0 Å². The number of nitrogens with one attached hydrogen (secondary N) is 1. The molecule has 0 aromatic heterocycles. The second kappa shape index (κ2) is 5.62. The molecule has 0 fully saturated rings. The van der Waals surface area contributed by atoms with Crippen LogP contribution in [0.1, 0.15) is 26.3 Å². The summed E-state index contributed by atoms with van der Waals surface area (Å²) >= 11 is 0. The van der Waals surface area contributed by atoms with Crippen molar-refractivity contribution in [3.05, 3.63) is 58.9 Å². The van der Waals surface area contributed by atoms with Gasteiger partial charge in [0.1, 0.15) is 5.82 Å². The van der Waals surface area contributed by atoms with Gasteiger partial charge < -0.3 is 16.2 Å². The number of carbonyl (C=O) groups is 2. The van der Waals surface area contributed by atoms with E-state index in [4.69, 9.17) is 10.8 Å². The average molecular weight is 288 g/mol. The van der Waals surface area contributed by atoms with Gasteiger partial charge in [0, 0.05) is 16.9 Å². The van der Waals surface area contributed by atoms with Crippen molar-refractivity contribution < 1.29 is 19.1 Å². The lowest BCUT2D eigenvalue weighted by atomic mass is 10.1. The molecule has 0 heterocycles. The Kier molecular flexibility index (Phi) is 3.89. The van der Waals surface area contributed by atoms with Crippen LogP contribution in [-0.2, 0) is 0 Å². The summed E-state index contributed by atoms with van der Waals surface area (Å²) in [6.07, 6.45) is 0. The lowest BCUT2D eigenvalue weighted by Crippen LogP contribution is -2.13. The summed E-state index contributed by atoms with van der Waals surface area (Å²) in [4.78, 5) is 22.9. The average Bonchev–Trinajstić information content (AvgIpc) is 2.43. The van der Waals surface area contributed by atoms with Gasteiger partial charge in [0.25, 0.3) is 5.91 Å². The number of nitrogens with two attached hydrogens (primary N) is 1. The first-order chi connectivity index (χ1) is 9.88. The van der Waals surface area contributed by atoms with Gasteiger partial charge in [-0.2, -0.15) is 0 Å². The standard InChI is InChI=1S/C15H13FN2O3/c1-8-2-3-9(6-13(8)17)14(19)18-10-4-5-12(16)11(7-10)15(20)21/h2-7H,17H2,1H3,(H,18,19)(H,20,21). The molecule has 0 aliphatic rings. The molecule has 2 aromatic carbocycles. The Morgan fingerprint density at radius 3 is 2.52 bits per heavy atom. The van der Waals surface area contributed by atoms with Gasteiger partial charge in [-0.15, -0.1) is 0 Å². The molecule has 0 aliphatic carbocycles. The smallest absolute Gasteiger partial charge is 0.338 e. The predicted molar refractivity (Wildman–Crippen MR) is 76.9 cm³/mol. The number of carboxylic acids is 1. The first-order valence-corrected chi connectivity index (χ1v) is 6.09. The highest BCUT2D eigenvalue weighted by Gasteiger charge is 2.13. The summed E-state index contributed by atoms with van der Waals surface area (Å²) in [5, 5.41) is 11.3. The van der Waals surface area contributed by atoms with Gasteiger partial charge >= 0.3 is 5.97 Å². The van der Waals surface area contributed by atoms with Crippen molar-refractivity contribution >= 4 is 23.3 Å². The Morgan fingerprint density at radius 1 is 1.19 bits per heavy atom. The lowest BCUT2D eigenvalue weighted by Gasteiger charge is -2.08. The number of aryl methyl sites for hydroxylation is 1. The number of amides is 1. The Bertz CT molecular complexity index is 729. The molecule has 0 saturated carbocycles. The van der Waals surface area contributed by atoms with Crippen molar-refractivity contribution in [1.29, 1.82) is 0 Å². The fourth-order valence-electron chi connectivity index (χ4n) is 1.75. The van der Waals surface area contributed by atoms with Crippen LogP contribution in [-0.4, -0.2) is 17.0 Å². The number of benzene rings is 2. The highest BCUT2D eigenvalue weighted by Crippen LogP contribution is 2.17. The second-order valence-corrected chi connectivity index (χ2v) is 4.53. The van der Waals surface area contributed by atoms with E-state index in [2.05, 4.69) is 5.32 Å². The molecule has 0 spiro atoms. The third kappa shape index (κ3) is 3.17. The highest BCUT2D eigenvalue weighted by atomic mass is 19.1. The van der Waals surface area contributed by atoms with Gasteiger partial charge in [-0.1, -0.05) is 6.07 Å². The lowest BCUT2D eigenvalue weighted by molar-refractivity contribution is 0.0691. The predicted octanol–water partition coefficient (Wildman–Crippen LogP) is 2.67. The topological polar surface area (TPSA) is 92.4 Å². The number of nitrogen functional groups attached to an aromatic ring is 1. The summed E-state index contributed by atoms with van der Waals surface area (Å²) in [7, 11) is 0. The maximum atomic E-state index is 13.3. The number of anilines is 2. The van der Waals surface area contributed by atoms with E-state index < -0.39 is 23.3 Å². The molecule has 6 heteroatoms. The van der Waals surface area contributed by atoms with Crippen LogP contribution in [0.3, 0.4) is 0 Å². The second-order valence-electron chi connectivity index (χ2n) is 4.53. The Morgan fingerprint density at radius 2 is 1.90 bits per heavy atom. The van der Waals surface area contributed by atoms with Gasteiger partial charge in [0.2, 0.25) is 0 Å². The number of rotatable bonds is 3. The van der Waals surface area contributed by atoms with E-state index in [9.17, 15) is 14.0 Å². The van der Waals surface area contributed by atoms with Crippen molar-refractivity contribution in [3.63, 3.8) is 0 Å². The van der Waals surface area contributed by atoms with E-state index >= 15 is 0 Å². The van der Waals surface area contributed by atoms with E-state index in [1.54, 1.807) is 12.1 Å². The number of carbonyl (C=O) groups excluding carboxylic acids is 1. The van der Waals surface area contributed by atoms with E-state index in [0.29, 0.717) is 11.3 Å². The Hall–Kier alpha value is -2.89. The maximum absolute atomic E-state index is 13.3. The zero-order chi connectivity index (χ0) is 15.6. The van der Waals surface area contributed by atoms with Gasteiger partial charge in [-0.25, -0.2) is 9.18 Å². The summed E-state index contributed by atoms with van der Waals surface area (Å²) in [6.45, 7) is 1.82. The number of hydrogen-bond donors (Lipinski definition) is 3. The maximum Gasteiger partial charge on any atom is 0.338 e. The Balaban J connectivity index is 2.25. The van der Waals surface area contributed by atoms with Crippen LogP contribution >= 0.6 is 0 Å². The first kappa shape index (κ1) is 14.5. The van der Waals surface area contributed by atoms with E-state index in [-0.39, 0.29) is 5.69 Å². The first-order valence-electron chi connectivity index (χ1n) is 6.09. The normalized spacial score (nSPS) is 10.2. The Labute approximate surface area is 120 Å². The molecule has 108 valence electrons. The largest absolute Gasteiger partial charge is 0.478 e. The van der Waals surface area contributed by atoms with Gasteiger partial charge in [-0.05, 0) is 42.8 Å². The summed E-state index contributed by atoms with van der Waals surface area (Å²) in [6, 6.07) is 8.17. The zero-order valence-electron chi connectivity index (χ0n) is 11.2. The minimum absolute atomic E-state index is 0.193. The van der Waals surface area contributed by atoms with Crippen LogP contribution in [0.4, 0.5) is 15.8 Å². The fourth-order valence-corrected chi connectivity index (χ4v) is 1.75. The minimum atomic E-state index is -1.40. The molecule has 2 rings (SSSR count). The third-order valence-corrected chi connectivity index (χ3v) is 3.00. The minimum Gasteiger partial charge on any atom is -0.478 e. The van der Waals surface area contributed by atoms with Crippen molar-refractivity contribution in [2.75, 3.05) is 11.1 Å². The molecule has 1 amide bonds. The summed E-state index contributed by atoms with van der Waals surface area (Å²) < 4.78 is 13.3.